The Morgan fingerprint density at radius 1 is 1.25 bits per heavy atom. The minimum atomic E-state index is 0.150. The van der Waals surface area contributed by atoms with Crippen LogP contribution in [0.3, 0.4) is 0 Å². The van der Waals surface area contributed by atoms with E-state index in [-0.39, 0.29) is 5.54 Å². The van der Waals surface area contributed by atoms with Crippen molar-refractivity contribution in [1.29, 1.82) is 0 Å². The lowest BCUT2D eigenvalue weighted by Crippen LogP contribution is -2.51. The topological polar surface area (TPSA) is 42.4 Å². The molecule has 1 unspecified atom stereocenters. The summed E-state index contributed by atoms with van der Waals surface area (Å²) in [5.41, 5.74) is 8.09. The van der Waals surface area contributed by atoms with Gasteiger partial charge in [0.2, 0.25) is 0 Å². The summed E-state index contributed by atoms with van der Waals surface area (Å²) in [6.45, 7) is 8.49. The smallest absolute Gasteiger partial charge is 0.105 e. The number of nitrogens with zero attached hydrogens (tertiary/aromatic N) is 1. The molecule has 1 heterocycles. The van der Waals surface area contributed by atoms with Crippen LogP contribution in [0.5, 0.6) is 0 Å². The average molecular weight is 278 g/mol. The molecule has 1 aromatic heterocycles. The van der Waals surface area contributed by atoms with Crippen molar-refractivity contribution in [3.8, 4) is 0 Å². The van der Waals surface area contributed by atoms with Crippen LogP contribution in [-0.4, -0.2) is 24.0 Å². The Hall–Kier alpha value is -0.800. The fourth-order valence-electron chi connectivity index (χ4n) is 3.46. The number of rotatable bonds is 4. The molecular formula is C17H30N2O. The molecule has 2 rings (SSSR count). The van der Waals surface area contributed by atoms with E-state index in [2.05, 4.69) is 31.9 Å². The molecule has 1 saturated carbocycles. The predicted octanol–water partition coefficient (Wildman–Crippen LogP) is 3.71. The number of furan rings is 1. The van der Waals surface area contributed by atoms with E-state index in [1.807, 2.05) is 6.92 Å². The molecule has 2 N–H and O–H groups in total. The second-order valence-corrected chi connectivity index (χ2v) is 7.30. The van der Waals surface area contributed by atoms with Crippen LogP contribution in [0.2, 0.25) is 0 Å². The summed E-state index contributed by atoms with van der Waals surface area (Å²) in [5.74, 6) is 1.03. The summed E-state index contributed by atoms with van der Waals surface area (Å²) in [6, 6.07) is 2.08. The number of aryl methyl sites for hydroxylation is 1. The van der Waals surface area contributed by atoms with E-state index in [0.717, 1.165) is 18.8 Å². The van der Waals surface area contributed by atoms with Gasteiger partial charge in [-0.3, -0.25) is 4.90 Å². The molecule has 0 amide bonds. The first kappa shape index (κ1) is 15.6. The van der Waals surface area contributed by atoms with E-state index < -0.39 is 0 Å². The summed E-state index contributed by atoms with van der Waals surface area (Å²) in [7, 11) is 2.22. The first-order chi connectivity index (χ1) is 9.38. The molecule has 0 bridgehead atoms. The van der Waals surface area contributed by atoms with Crippen LogP contribution in [0.15, 0.2) is 16.7 Å². The van der Waals surface area contributed by atoms with Gasteiger partial charge in [0.1, 0.15) is 5.76 Å². The molecule has 0 radical (unpaired) electrons. The van der Waals surface area contributed by atoms with E-state index in [0.29, 0.717) is 5.41 Å². The zero-order valence-corrected chi connectivity index (χ0v) is 13.5. The molecule has 3 heteroatoms. The Kier molecular flexibility index (Phi) is 4.60. The molecule has 0 aromatic carbocycles. The summed E-state index contributed by atoms with van der Waals surface area (Å²) in [4.78, 5) is 2.46. The highest BCUT2D eigenvalue weighted by molar-refractivity contribution is 5.16. The molecule has 1 atom stereocenters. The predicted molar refractivity (Wildman–Crippen MR) is 83.6 cm³/mol. The maximum absolute atomic E-state index is 6.20. The molecular weight excluding hydrogens is 248 g/mol. The third-order valence-electron chi connectivity index (χ3n) is 5.33. The number of nitrogens with two attached hydrogens (primary N) is 1. The maximum Gasteiger partial charge on any atom is 0.105 e. The minimum Gasteiger partial charge on any atom is -0.469 e. The molecule has 3 nitrogen and oxygen atoms in total. The minimum absolute atomic E-state index is 0.150. The van der Waals surface area contributed by atoms with Crippen LogP contribution in [0.25, 0.3) is 0 Å². The summed E-state index contributed by atoms with van der Waals surface area (Å²) >= 11 is 0. The highest BCUT2D eigenvalue weighted by atomic mass is 16.3. The van der Waals surface area contributed by atoms with Crippen LogP contribution >= 0.6 is 0 Å². The third-order valence-corrected chi connectivity index (χ3v) is 5.33. The van der Waals surface area contributed by atoms with Gasteiger partial charge >= 0.3 is 0 Å². The second kappa shape index (κ2) is 5.90. The highest BCUT2D eigenvalue weighted by Gasteiger charge is 2.37. The van der Waals surface area contributed by atoms with E-state index in [1.165, 1.54) is 37.7 Å². The van der Waals surface area contributed by atoms with Gasteiger partial charge in [0.15, 0.2) is 0 Å². The Balaban J connectivity index is 2.11. The van der Waals surface area contributed by atoms with Crippen LogP contribution in [0, 0.1) is 12.3 Å². The first-order valence-electron chi connectivity index (χ1n) is 7.83. The van der Waals surface area contributed by atoms with Gasteiger partial charge < -0.3 is 10.2 Å². The molecule has 1 aliphatic carbocycles. The van der Waals surface area contributed by atoms with Gasteiger partial charge in [0, 0.05) is 24.2 Å². The van der Waals surface area contributed by atoms with Crippen LogP contribution in [-0.2, 0) is 6.54 Å². The highest BCUT2D eigenvalue weighted by Crippen LogP contribution is 2.40. The van der Waals surface area contributed by atoms with E-state index >= 15 is 0 Å². The summed E-state index contributed by atoms with van der Waals surface area (Å²) < 4.78 is 5.42. The molecule has 20 heavy (non-hydrogen) atoms. The van der Waals surface area contributed by atoms with Crippen molar-refractivity contribution in [2.45, 2.75) is 65.0 Å². The zero-order valence-electron chi connectivity index (χ0n) is 13.5. The molecule has 114 valence electrons. The van der Waals surface area contributed by atoms with E-state index in [9.17, 15) is 0 Å². The van der Waals surface area contributed by atoms with Crippen molar-refractivity contribution in [2.75, 3.05) is 13.6 Å². The fraction of sp³-hybridized carbons (Fsp3) is 0.765. The fourth-order valence-corrected chi connectivity index (χ4v) is 3.46. The van der Waals surface area contributed by atoms with Crippen molar-refractivity contribution in [2.24, 2.45) is 11.1 Å². The molecule has 0 spiro atoms. The largest absolute Gasteiger partial charge is 0.469 e. The maximum atomic E-state index is 6.20. The van der Waals surface area contributed by atoms with Crippen molar-refractivity contribution in [3.63, 3.8) is 0 Å². The second-order valence-electron chi connectivity index (χ2n) is 7.30. The Morgan fingerprint density at radius 2 is 2.00 bits per heavy atom. The number of likely N-dealkylation sites (N-methyl/N-ethyl adjacent to an activating group) is 1. The molecule has 1 aliphatic rings. The quantitative estimate of drug-likeness (QED) is 0.854. The van der Waals surface area contributed by atoms with Gasteiger partial charge in [-0.15, -0.1) is 0 Å². The monoisotopic (exact) mass is 278 g/mol. The standard InChI is InChI=1S/C17H30N2O/c1-14-15(6-11-20-14)12-19(4)17(13-18)8-5-7-16(2,3)9-10-17/h6,11H,5,7-10,12-13,18H2,1-4H3. The van der Waals surface area contributed by atoms with Gasteiger partial charge in [-0.1, -0.05) is 20.3 Å². The van der Waals surface area contributed by atoms with Crippen molar-refractivity contribution in [3.05, 3.63) is 23.7 Å². The van der Waals surface area contributed by atoms with Crippen LogP contribution in [0.1, 0.15) is 57.3 Å². The number of hydrogen-bond acceptors (Lipinski definition) is 3. The molecule has 1 fully saturated rings. The average Bonchev–Trinajstić information content (AvgIpc) is 2.71. The Labute approximate surface area is 123 Å². The van der Waals surface area contributed by atoms with Crippen LogP contribution in [0.4, 0.5) is 0 Å². The van der Waals surface area contributed by atoms with Gasteiger partial charge in [-0.25, -0.2) is 0 Å². The third kappa shape index (κ3) is 3.26. The lowest BCUT2D eigenvalue weighted by atomic mass is 9.83. The first-order valence-corrected chi connectivity index (χ1v) is 7.83. The van der Waals surface area contributed by atoms with E-state index in [1.54, 1.807) is 6.26 Å². The number of hydrogen-bond donors (Lipinski definition) is 1. The molecule has 0 aliphatic heterocycles. The zero-order chi connectivity index (χ0) is 14.8. The van der Waals surface area contributed by atoms with Gasteiger partial charge in [-0.05, 0) is 51.1 Å². The normalized spacial score (nSPS) is 26.7. The van der Waals surface area contributed by atoms with Crippen LogP contribution < -0.4 is 5.73 Å². The van der Waals surface area contributed by atoms with Crippen molar-refractivity contribution < 1.29 is 4.42 Å². The SMILES string of the molecule is Cc1occc1CN(C)C1(CN)CCCC(C)(C)CC1. The summed E-state index contributed by atoms with van der Waals surface area (Å²) in [6.07, 6.45) is 8.04. The lowest BCUT2D eigenvalue weighted by molar-refractivity contribution is 0.0957. The molecule has 1 aromatic rings. The van der Waals surface area contributed by atoms with Crippen molar-refractivity contribution in [1.82, 2.24) is 4.90 Å². The van der Waals surface area contributed by atoms with E-state index in [4.69, 9.17) is 10.2 Å². The Bertz CT molecular complexity index is 438. The molecule has 0 saturated heterocycles. The lowest BCUT2D eigenvalue weighted by Gasteiger charge is -2.41. The van der Waals surface area contributed by atoms with Gasteiger partial charge in [0.05, 0.1) is 6.26 Å². The Morgan fingerprint density at radius 3 is 2.60 bits per heavy atom. The summed E-state index contributed by atoms with van der Waals surface area (Å²) in [5, 5.41) is 0. The van der Waals surface area contributed by atoms with Gasteiger partial charge in [0.25, 0.3) is 0 Å². The van der Waals surface area contributed by atoms with Crippen molar-refractivity contribution >= 4 is 0 Å². The van der Waals surface area contributed by atoms with Gasteiger partial charge in [-0.2, -0.15) is 0 Å².